The first-order valence-corrected chi connectivity index (χ1v) is 9.22. The van der Waals surface area contributed by atoms with Gasteiger partial charge in [-0.3, -0.25) is 0 Å². The molecule has 0 spiro atoms. The monoisotopic (exact) mass is 382 g/mol. The molecule has 0 unspecified atom stereocenters. The van der Waals surface area contributed by atoms with Crippen molar-refractivity contribution in [3.63, 3.8) is 0 Å². The van der Waals surface area contributed by atoms with E-state index in [4.69, 9.17) is 12.2 Å². The van der Waals surface area contributed by atoms with E-state index in [1.807, 2.05) is 13.0 Å². The van der Waals surface area contributed by atoms with Crippen LogP contribution in [0.2, 0.25) is 0 Å². The van der Waals surface area contributed by atoms with Crippen LogP contribution in [0, 0.1) is 13.8 Å². The molecule has 2 aromatic heterocycles. The van der Waals surface area contributed by atoms with Crippen LogP contribution in [0.15, 0.2) is 59.0 Å². The van der Waals surface area contributed by atoms with Crippen LogP contribution in [0.1, 0.15) is 16.8 Å². The number of benzene rings is 1. The zero-order chi connectivity index (χ0) is 18.4. The molecule has 0 aliphatic carbocycles. The highest BCUT2D eigenvalue weighted by atomic mass is 32.2. The molecule has 26 heavy (non-hydrogen) atoms. The van der Waals surface area contributed by atoms with Crippen molar-refractivity contribution in [1.82, 2.24) is 25.3 Å². The lowest BCUT2D eigenvalue weighted by Crippen LogP contribution is -2.28. The van der Waals surface area contributed by atoms with Crippen LogP contribution in [-0.4, -0.2) is 25.0 Å². The Bertz CT molecular complexity index is 884. The fraction of sp³-hybridized carbons (Fsp3) is 0.167. The number of thiocarbonyl (C=S) groups is 1. The Labute approximate surface area is 161 Å². The minimum atomic E-state index is 0.449. The first-order valence-electron chi connectivity index (χ1n) is 7.99. The number of nitrogens with one attached hydrogen (secondary N) is 2. The normalized spacial score (nSPS) is 10.4. The minimum Gasteiger partial charge on any atom is -0.358 e. The van der Waals surface area contributed by atoms with E-state index >= 15 is 0 Å². The summed E-state index contributed by atoms with van der Waals surface area (Å²) in [7, 11) is 0. The molecule has 0 saturated heterocycles. The van der Waals surface area contributed by atoms with Crippen LogP contribution in [0.4, 0.5) is 5.95 Å². The molecular weight excluding hydrogens is 364 g/mol. The van der Waals surface area contributed by atoms with Crippen LogP contribution in [0.3, 0.4) is 0 Å². The third-order valence-corrected chi connectivity index (χ3v) is 4.43. The number of anilines is 1. The maximum Gasteiger partial charge on any atom is 0.230 e. The summed E-state index contributed by atoms with van der Waals surface area (Å²) >= 11 is 6.72. The van der Waals surface area contributed by atoms with Crippen molar-refractivity contribution in [1.29, 1.82) is 0 Å². The van der Waals surface area contributed by atoms with E-state index in [1.54, 1.807) is 18.5 Å². The van der Waals surface area contributed by atoms with Crippen LogP contribution >= 0.6 is 24.0 Å². The Kier molecular flexibility index (Phi) is 6.08. The highest BCUT2D eigenvalue weighted by Gasteiger charge is 2.07. The Hall–Kier alpha value is -2.58. The maximum absolute atomic E-state index is 5.34. The minimum absolute atomic E-state index is 0.449. The molecule has 0 bridgehead atoms. The topological polar surface area (TPSA) is 75.6 Å². The molecule has 0 atom stereocenters. The lowest BCUT2D eigenvalue weighted by molar-refractivity contribution is 0.917. The van der Waals surface area contributed by atoms with Crippen molar-refractivity contribution < 1.29 is 0 Å². The summed E-state index contributed by atoms with van der Waals surface area (Å²) in [5.74, 6) is 0.449. The highest BCUT2D eigenvalue weighted by Crippen LogP contribution is 2.23. The Morgan fingerprint density at radius 1 is 1.08 bits per heavy atom. The summed E-state index contributed by atoms with van der Waals surface area (Å²) in [5.41, 5.74) is 3.22. The van der Waals surface area contributed by atoms with Crippen molar-refractivity contribution >= 4 is 35.0 Å². The van der Waals surface area contributed by atoms with Gasteiger partial charge in [-0.05, 0) is 55.5 Å². The number of nitrogens with zero attached hydrogens (tertiary/aromatic N) is 4. The molecule has 8 heteroatoms. The van der Waals surface area contributed by atoms with Gasteiger partial charge in [-0.15, -0.1) is 0 Å². The molecule has 2 N–H and O–H groups in total. The largest absolute Gasteiger partial charge is 0.358 e. The molecule has 2 heterocycles. The average molecular weight is 383 g/mol. The zero-order valence-corrected chi connectivity index (χ0v) is 16.1. The predicted octanol–water partition coefficient (Wildman–Crippen LogP) is 3.52. The van der Waals surface area contributed by atoms with E-state index in [9.17, 15) is 0 Å². The second kappa shape index (κ2) is 8.68. The van der Waals surface area contributed by atoms with Gasteiger partial charge < -0.3 is 10.6 Å². The van der Waals surface area contributed by atoms with Gasteiger partial charge in [-0.1, -0.05) is 29.8 Å². The van der Waals surface area contributed by atoms with Crippen molar-refractivity contribution in [3.05, 3.63) is 65.6 Å². The molecule has 0 aliphatic heterocycles. The van der Waals surface area contributed by atoms with Crippen molar-refractivity contribution in [2.24, 2.45) is 0 Å². The average Bonchev–Trinajstić information content (AvgIpc) is 2.61. The second-order valence-corrected chi connectivity index (χ2v) is 6.99. The van der Waals surface area contributed by atoms with Gasteiger partial charge in [0.1, 0.15) is 5.03 Å². The van der Waals surface area contributed by atoms with Crippen LogP contribution in [-0.2, 0) is 6.54 Å². The first kappa shape index (κ1) is 18.2. The Morgan fingerprint density at radius 3 is 2.54 bits per heavy atom. The standard InChI is InChI=1S/C18H18N6S2/c1-12-4-6-14(7-5-12)11-21-17(25)24-16-22-13(2)10-15(23-16)26-18-19-8-3-9-20-18/h3-10H,11H2,1-2H3,(H2,21,22,23,24,25). The molecule has 0 saturated carbocycles. The number of hydrogen-bond acceptors (Lipinski definition) is 6. The second-order valence-electron chi connectivity index (χ2n) is 5.60. The zero-order valence-electron chi connectivity index (χ0n) is 14.4. The quantitative estimate of drug-likeness (QED) is 0.394. The van der Waals surface area contributed by atoms with E-state index in [1.165, 1.54) is 17.3 Å². The van der Waals surface area contributed by atoms with Crippen LogP contribution in [0.25, 0.3) is 0 Å². The number of hydrogen-bond donors (Lipinski definition) is 2. The van der Waals surface area contributed by atoms with Crippen molar-refractivity contribution in [2.75, 3.05) is 5.32 Å². The molecule has 1 aromatic carbocycles. The van der Waals surface area contributed by atoms with Gasteiger partial charge in [-0.2, -0.15) is 0 Å². The summed E-state index contributed by atoms with van der Waals surface area (Å²) in [6.07, 6.45) is 3.40. The van der Waals surface area contributed by atoms with E-state index in [0.29, 0.717) is 22.8 Å². The third-order valence-electron chi connectivity index (χ3n) is 3.37. The summed E-state index contributed by atoms with van der Waals surface area (Å²) in [6.45, 7) is 4.61. The molecule has 3 aromatic rings. The van der Waals surface area contributed by atoms with Crippen LogP contribution < -0.4 is 10.6 Å². The van der Waals surface area contributed by atoms with Gasteiger partial charge in [0.25, 0.3) is 0 Å². The van der Waals surface area contributed by atoms with Crippen LogP contribution in [0.5, 0.6) is 0 Å². The molecule has 0 radical (unpaired) electrons. The molecule has 6 nitrogen and oxygen atoms in total. The van der Waals surface area contributed by atoms with Gasteiger partial charge in [0, 0.05) is 24.6 Å². The van der Waals surface area contributed by atoms with Gasteiger partial charge in [0.2, 0.25) is 5.95 Å². The summed E-state index contributed by atoms with van der Waals surface area (Å²) in [4.78, 5) is 17.2. The summed E-state index contributed by atoms with van der Waals surface area (Å²) in [5, 5.41) is 8.07. The van der Waals surface area contributed by atoms with Gasteiger partial charge in [0.15, 0.2) is 10.3 Å². The number of rotatable bonds is 5. The molecule has 132 valence electrons. The molecule has 0 fully saturated rings. The van der Waals surface area contributed by atoms with E-state index in [-0.39, 0.29) is 0 Å². The Morgan fingerprint density at radius 2 is 1.81 bits per heavy atom. The van der Waals surface area contributed by atoms with Gasteiger partial charge in [-0.25, -0.2) is 19.9 Å². The van der Waals surface area contributed by atoms with Gasteiger partial charge >= 0.3 is 0 Å². The number of aromatic nitrogens is 4. The van der Waals surface area contributed by atoms with E-state index in [2.05, 4.69) is 61.8 Å². The number of aryl methyl sites for hydroxylation is 2. The van der Waals surface area contributed by atoms with E-state index < -0.39 is 0 Å². The SMILES string of the molecule is Cc1ccc(CNC(=S)Nc2nc(C)cc(Sc3ncccn3)n2)cc1. The molecule has 0 aliphatic rings. The predicted molar refractivity (Wildman–Crippen MR) is 107 cm³/mol. The van der Waals surface area contributed by atoms with Crippen molar-refractivity contribution in [3.8, 4) is 0 Å². The van der Waals surface area contributed by atoms with E-state index in [0.717, 1.165) is 16.3 Å². The molecule has 3 rings (SSSR count). The third kappa shape index (κ3) is 5.47. The fourth-order valence-corrected chi connectivity index (χ4v) is 3.05. The highest BCUT2D eigenvalue weighted by molar-refractivity contribution is 7.99. The summed E-state index contributed by atoms with van der Waals surface area (Å²) in [6, 6.07) is 12.0. The van der Waals surface area contributed by atoms with Crippen molar-refractivity contribution in [2.45, 2.75) is 30.6 Å². The fourth-order valence-electron chi connectivity index (χ4n) is 2.11. The maximum atomic E-state index is 5.34. The lowest BCUT2D eigenvalue weighted by Gasteiger charge is -2.11. The smallest absolute Gasteiger partial charge is 0.230 e. The lowest BCUT2D eigenvalue weighted by atomic mass is 10.1. The summed E-state index contributed by atoms with van der Waals surface area (Å²) < 4.78 is 0. The van der Waals surface area contributed by atoms with Gasteiger partial charge in [0.05, 0.1) is 0 Å². The molecule has 0 amide bonds. The Balaban J connectivity index is 1.61. The first-order chi connectivity index (χ1) is 12.6. The molecular formula is C18H18N6S2.